The topological polar surface area (TPSA) is 18.5 Å². The van der Waals surface area contributed by atoms with Gasteiger partial charge in [-0.05, 0) is 24.6 Å². The first-order valence-electron chi connectivity index (χ1n) is 5.33. The fourth-order valence-corrected chi connectivity index (χ4v) is 1.40. The maximum absolute atomic E-state index is 13.4. The van der Waals surface area contributed by atoms with E-state index in [4.69, 9.17) is 21.1 Å². The zero-order valence-electron chi connectivity index (χ0n) is 9.34. The highest BCUT2D eigenvalue weighted by atomic mass is 35.5. The van der Waals surface area contributed by atoms with Crippen molar-refractivity contribution in [3.05, 3.63) is 29.6 Å². The number of benzene rings is 1. The summed E-state index contributed by atoms with van der Waals surface area (Å²) in [5.74, 6) is 0.210. The average molecular weight is 247 g/mol. The van der Waals surface area contributed by atoms with Crippen molar-refractivity contribution < 1.29 is 13.9 Å². The Balaban J connectivity index is 2.36. The Morgan fingerprint density at radius 1 is 1.31 bits per heavy atom. The van der Waals surface area contributed by atoms with Gasteiger partial charge in [-0.1, -0.05) is 6.07 Å². The van der Waals surface area contributed by atoms with Crippen LogP contribution in [0.25, 0.3) is 0 Å². The molecule has 0 N–H and O–H groups in total. The van der Waals surface area contributed by atoms with E-state index in [2.05, 4.69) is 0 Å². The largest absolute Gasteiger partial charge is 0.490 e. The molecular formula is C12H16ClFO2. The number of hydrogen-bond acceptors (Lipinski definition) is 2. The lowest BCUT2D eigenvalue weighted by Gasteiger charge is -2.07. The van der Waals surface area contributed by atoms with E-state index in [1.54, 1.807) is 12.1 Å². The Hall–Kier alpha value is -0.800. The fraction of sp³-hybridized carbons (Fsp3) is 0.500. The van der Waals surface area contributed by atoms with Crippen LogP contribution < -0.4 is 4.74 Å². The molecule has 0 radical (unpaired) electrons. The molecule has 90 valence electrons. The maximum Gasteiger partial charge on any atom is 0.165 e. The van der Waals surface area contributed by atoms with Gasteiger partial charge >= 0.3 is 0 Å². The van der Waals surface area contributed by atoms with Gasteiger partial charge in [-0.2, -0.15) is 0 Å². The van der Waals surface area contributed by atoms with Crippen molar-refractivity contribution in [2.24, 2.45) is 0 Å². The Morgan fingerprint density at radius 3 is 2.75 bits per heavy atom. The first-order valence-corrected chi connectivity index (χ1v) is 5.86. The van der Waals surface area contributed by atoms with Crippen molar-refractivity contribution >= 4 is 11.6 Å². The van der Waals surface area contributed by atoms with Crippen LogP contribution in [0.4, 0.5) is 4.39 Å². The molecule has 0 saturated heterocycles. The standard InChI is InChI=1S/C12H16ClFO2/c1-2-15-6-3-7-16-12-5-4-10(9-13)8-11(12)14/h4-5,8H,2-3,6-7,9H2,1H3. The molecule has 0 heterocycles. The van der Waals surface area contributed by atoms with Crippen molar-refractivity contribution in [3.8, 4) is 5.75 Å². The second kappa shape index (κ2) is 7.47. The smallest absolute Gasteiger partial charge is 0.165 e. The second-order valence-corrected chi connectivity index (χ2v) is 3.56. The van der Waals surface area contributed by atoms with Gasteiger partial charge in [0.25, 0.3) is 0 Å². The van der Waals surface area contributed by atoms with Crippen LogP contribution in [-0.2, 0) is 10.6 Å². The molecule has 2 nitrogen and oxygen atoms in total. The fourth-order valence-electron chi connectivity index (χ4n) is 1.23. The van der Waals surface area contributed by atoms with Crippen LogP contribution >= 0.6 is 11.6 Å². The molecule has 4 heteroatoms. The van der Waals surface area contributed by atoms with Gasteiger partial charge in [0.1, 0.15) is 0 Å². The molecular weight excluding hydrogens is 231 g/mol. The molecule has 0 spiro atoms. The molecule has 0 aliphatic rings. The van der Waals surface area contributed by atoms with E-state index in [-0.39, 0.29) is 11.6 Å². The molecule has 0 fully saturated rings. The monoisotopic (exact) mass is 246 g/mol. The third-order valence-corrected chi connectivity index (χ3v) is 2.35. The molecule has 16 heavy (non-hydrogen) atoms. The van der Waals surface area contributed by atoms with E-state index >= 15 is 0 Å². The summed E-state index contributed by atoms with van der Waals surface area (Å²) in [5.41, 5.74) is 0.751. The highest BCUT2D eigenvalue weighted by Crippen LogP contribution is 2.19. The van der Waals surface area contributed by atoms with Crippen molar-refractivity contribution in [3.63, 3.8) is 0 Å². The SMILES string of the molecule is CCOCCCOc1ccc(CCl)cc1F. The molecule has 0 bridgehead atoms. The summed E-state index contributed by atoms with van der Waals surface area (Å²) in [6.07, 6.45) is 0.755. The lowest BCUT2D eigenvalue weighted by molar-refractivity contribution is 0.130. The van der Waals surface area contributed by atoms with Crippen LogP contribution in [0.15, 0.2) is 18.2 Å². The predicted octanol–water partition coefficient (Wildman–Crippen LogP) is 3.37. The third-order valence-electron chi connectivity index (χ3n) is 2.05. The molecule has 0 amide bonds. The lowest BCUT2D eigenvalue weighted by atomic mass is 10.2. The third kappa shape index (κ3) is 4.37. The van der Waals surface area contributed by atoms with E-state index in [1.165, 1.54) is 6.07 Å². The highest BCUT2D eigenvalue weighted by molar-refractivity contribution is 6.17. The van der Waals surface area contributed by atoms with E-state index in [0.717, 1.165) is 12.0 Å². The number of halogens is 2. The summed E-state index contributed by atoms with van der Waals surface area (Å²) in [5, 5.41) is 0. The van der Waals surface area contributed by atoms with E-state index < -0.39 is 0 Å². The number of rotatable bonds is 7. The summed E-state index contributed by atoms with van der Waals surface area (Å²) in [4.78, 5) is 0. The number of hydrogen-bond donors (Lipinski definition) is 0. The van der Waals surface area contributed by atoms with Gasteiger partial charge in [-0.3, -0.25) is 0 Å². The number of alkyl halides is 1. The average Bonchev–Trinajstić information content (AvgIpc) is 2.30. The Morgan fingerprint density at radius 2 is 2.12 bits per heavy atom. The highest BCUT2D eigenvalue weighted by Gasteiger charge is 2.03. The van der Waals surface area contributed by atoms with Gasteiger partial charge in [0, 0.05) is 25.5 Å². The van der Waals surface area contributed by atoms with Crippen molar-refractivity contribution in [2.45, 2.75) is 19.2 Å². The Labute approximate surface area is 100 Å². The van der Waals surface area contributed by atoms with Crippen LogP contribution in [0.5, 0.6) is 5.75 Å². The second-order valence-electron chi connectivity index (χ2n) is 3.30. The van der Waals surface area contributed by atoms with Gasteiger partial charge in [-0.25, -0.2) is 4.39 Å². The van der Waals surface area contributed by atoms with Crippen LogP contribution in [0.1, 0.15) is 18.9 Å². The van der Waals surface area contributed by atoms with Crippen LogP contribution in [0, 0.1) is 5.82 Å². The van der Waals surface area contributed by atoms with Gasteiger partial charge in [0.15, 0.2) is 11.6 Å². The van der Waals surface area contributed by atoms with E-state index in [9.17, 15) is 4.39 Å². The van der Waals surface area contributed by atoms with E-state index in [0.29, 0.717) is 25.7 Å². The van der Waals surface area contributed by atoms with Gasteiger partial charge in [-0.15, -0.1) is 11.6 Å². The molecule has 1 rings (SSSR count). The van der Waals surface area contributed by atoms with Crippen LogP contribution in [0.2, 0.25) is 0 Å². The van der Waals surface area contributed by atoms with Crippen molar-refractivity contribution in [1.29, 1.82) is 0 Å². The van der Waals surface area contributed by atoms with Gasteiger partial charge in [0.2, 0.25) is 0 Å². The summed E-state index contributed by atoms with van der Waals surface area (Å²) < 4.78 is 23.8. The molecule has 1 aromatic carbocycles. The summed E-state index contributed by atoms with van der Waals surface area (Å²) in [6.45, 7) is 3.72. The Bertz CT molecular complexity index is 318. The van der Waals surface area contributed by atoms with E-state index in [1.807, 2.05) is 6.92 Å². The molecule has 0 aliphatic heterocycles. The zero-order chi connectivity index (χ0) is 11.8. The molecule has 0 unspecified atom stereocenters. The minimum atomic E-state index is -0.366. The predicted molar refractivity (Wildman–Crippen MR) is 62.6 cm³/mol. The Kier molecular flexibility index (Phi) is 6.19. The zero-order valence-corrected chi connectivity index (χ0v) is 10.1. The van der Waals surface area contributed by atoms with Gasteiger partial charge in [0.05, 0.1) is 6.61 Å². The van der Waals surface area contributed by atoms with Gasteiger partial charge < -0.3 is 9.47 Å². The summed E-state index contributed by atoms with van der Waals surface area (Å²) in [7, 11) is 0. The maximum atomic E-state index is 13.4. The van der Waals surface area contributed by atoms with Crippen LogP contribution in [0.3, 0.4) is 0 Å². The molecule has 0 atom stereocenters. The minimum Gasteiger partial charge on any atom is -0.490 e. The molecule has 0 saturated carbocycles. The quantitative estimate of drug-likeness (QED) is 0.543. The normalized spacial score (nSPS) is 10.4. The lowest BCUT2D eigenvalue weighted by Crippen LogP contribution is -2.04. The first kappa shape index (κ1) is 13.3. The van der Waals surface area contributed by atoms with Crippen molar-refractivity contribution in [1.82, 2.24) is 0 Å². The molecule has 0 aromatic heterocycles. The molecule has 1 aromatic rings. The first-order chi connectivity index (χ1) is 7.77. The van der Waals surface area contributed by atoms with Crippen LogP contribution in [-0.4, -0.2) is 19.8 Å². The van der Waals surface area contributed by atoms with Crippen molar-refractivity contribution in [2.75, 3.05) is 19.8 Å². The minimum absolute atomic E-state index is 0.269. The summed E-state index contributed by atoms with van der Waals surface area (Å²) >= 11 is 5.59. The number of ether oxygens (including phenoxy) is 2. The summed E-state index contributed by atoms with van der Waals surface area (Å²) in [6, 6.07) is 4.76. The molecule has 0 aliphatic carbocycles.